The van der Waals surface area contributed by atoms with Gasteiger partial charge in [-0.15, -0.1) is 0 Å². The number of benzene rings is 1. The normalized spacial score (nSPS) is 19.7. The number of rotatable bonds is 4. The van der Waals surface area contributed by atoms with Gasteiger partial charge in [0.15, 0.2) is 5.78 Å². The first kappa shape index (κ1) is 14.0. The van der Waals surface area contributed by atoms with Gasteiger partial charge in [0.25, 0.3) is 0 Å². The van der Waals surface area contributed by atoms with Crippen LogP contribution in [0.1, 0.15) is 69.4 Å². The second kappa shape index (κ2) is 6.70. The van der Waals surface area contributed by atoms with Gasteiger partial charge in [0, 0.05) is 6.42 Å². The Morgan fingerprint density at radius 2 is 1.84 bits per heavy atom. The van der Waals surface area contributed by atoms with Crippen LogP contribution in [0.25, 0.3) is 6.08 Å². The number of Topliss-reactive ketones (excluding diaryl/α,β-unsaturated/α-hetero) is 1. The lowest BCUT2D eigenvalue weighted by Gasteiger charge is -2.13. The van der Waals surface area contributed by atoms with Crippen LogP contribution in [0, 0.1) is 0 Å². The molecule has 1 heteroatoms. The van der Waals surface area contributed by atoms with Crippen molar-refractivity contribution >= 4 is 11.9 Å². The maximum Gasteiger partial charge on any atom is 0.158 e. The highest BCUT2D eigenvalue weighted by molar-refractivity contribution is 6.00. The van der Waals surface area contributed by atoms with Crippen molar-refractivity contribution in [3.63, 3.8) is 0 Å². The topological polar surface area (TPSA) is 17.1 Å². The number of hydrogen-bond acceptors (Lipinski definition) is 1. The summed E-state index contributed by atoms with van der Waals surface area (Å²) < 4.78 is 0. The van der Waals surface area contributed by atoms with Gasteiger partial charge in [-0.25, -0.2) is 0 Å². The molecule has 1 unspecified atom stereocenters. The van der Waals surface area contributed by atoms with E-state index in [4.69, 9.17) is 0 Å². The van der Waals surface area contributed by atoms with Crippen LogP contribution < -0.4 is 0 Å². The molecular formula is C18H24O. The predicted octanol–water partition coefficient (Wildman–Crippen LogP) is 5.12. The largest absolute Gasteiger partial charge is 0.295 e. The summed E-state index contributed by atoms with van der Waals surface area (Å²) in [6.45, 7) is 4.51. The van der Waals surface area contributed by atoms with Crippen LogP contribution in [0.15, 0.2) is 29.8 Å². The molecule has 0 bridgehead atoms. The predicted molar refractivity (Wildman–Crippen MR) is 81.2 cm³/mol. The lowest BCUT2D eigenvalue weighted by atomic mass is 9.91. The fourth-order valence-electron chi connectivity index (χ4n) is 2.78. The summed E-state index contributed by atoms with van der Waals surface area (Å²) in [5, 5.41) is 0. The van der Waals surface area contributed by atoms with Crippen molar-refractivity contribution in [2.24, 2.45) is 0 Å². The van der Waals surface area contributed by atoms with E-state index in [1.807, 2.05) is 0 Å². The molecule has 102 valence electrons. The van der Waals surface area contributed by atoms with E-state index in [1.54, 1.807) is 0 Å². The molecule has 2 rings (SSSR count). The van der Waals surface area contributed by atoms with Gasteiger partial charge < -0.3 is 0 Å². The molecule has 1 saturated carbocycles. The van der Waals surface area contributed by atoms with Crippen molar-refractivity contribution in [2.75, 3.05) is 0 Å². The zero-order valence-electron chi connectivity index (χ0n) is 12.1. The molecule has 1 aliphatic rings. The third-order valence-electron chi connectivity index (χ3n) is 4.03. The second-order valence-electron chi connectivity index (χ2n) is 5.66. The van der Waals surface area contributed by atoms with Gasteiger partial charge in [0.05, 0.1) is 0 Å². The lowest BCUT2D eigenvalue weighted by molar-refractivity contribution is -0.116. The molecule has 0 saturated heterocycles. The van der Waals surface area contributed by atoms with Crippen LogP contribution in [-0.2, 0) is 4.79 Å². The highest BCUT2D eigenvalue weighted by Crippen LogP contribution is 2.24. The molecule has 1 aromatic rings. The van der Waals surface area contributed by atoms with Crippen molar-refractivity contribution in [1.82, 2.24) is 0 Å². The van der Waals surface area contributed by atoms with Crippen molar-refractivity contribution in [3.05, 3.63) is 41.0 Å². The summed E-state index contributed by atoms with van der Waals surface area (Å²) in [5.74, 6) is 0.970. The van der Waals surface area contributed by atoms with E-state index in [-0.39, 0.29) is 0 Å². The Balaban J connectivity index is 2.10. The van der Waals surface area contributed by atoms with E-state index < -0.39 is 0 Å². The average molecular weight is 256 g/mol. The van der Waals surface area contributed by atoms with Crippen LogP contribution >= 0.6 is 0 Å². The first-order valence-electron chi connectivity index (χ1n) is 7.54. The number of ketones is 1. The lowest BCUT2D eigenvalue weighted by Crippen LogP contribution is -2.07. The molecule has 0 spiro atoms. The summed E-state index contributed by atoms with van der Waals surface area (Å²) in [5.41, 5.74) is 3.58. The Morgan fingerprint density at radius 3 is 2.47 bits per heavy atom. The van der Waals surface area contributed by atoms with Gasteiger partial charge in [-0.2, -0.15) is 0 Å². The first-order valence-corrected chi connectivity index (χ1v) is 7.54. The van der Waals surface area contributed by atoms with Gasteiger partial charge in [-0.05, 0) is 54.4 Å². The Hall–Kier alpha value is -1.37. The van der Waals surface area contributed by atoms with E-state index in [0.29, 0.717) is 11.7 Å². The first-order chi connectivity index (χ1) is 9.20. The second-order valence-corrected chi connectivity index (χ2v) is 5.66. The quantitative estimate of drug-likeness (QED) is 0.684. The molecule has 1 nitrogen and oxygen atoms in total. The summed E-state index contributed by atoms with van der Waals surface area (Å²) in [6.07, 6.45) is 8.44. The molecule has 0 heterocycles. The van der Waals surface area contributed by atoms with Crippen LogP contribution in [-0.4, -0.2) is 5.78 Å². The van der Waals surface area contributed by atoms with Gasteiger partial charge in [-0.1, -0.05) is 44.5 Å². The van der Waals surface area contributed by atoms with Crippen LogP contribution in [0.4, 0.5) is 0 Å². The zero-order chi connectivity index (χ0) is 13.7. The van der Waals surface area contributed by atoms with Crippen molar-refractivity contribution in [3.8, 4) is 0 Å². The molecule has 19 heavy (non-hydrogen) atoms. The third-order valence-corrected chi connectivity index (χ3v) is 4.03. The smallest absolute Gasteiger partial charge is 0.158 e. The van der Waals surface area contributed by atoms with Gasteiger partial charge >= 0.3 is 0 Å². The number of carbonyl (C=O) groups is 1. The summed E-state index contributed by atoms with van der Waals surface area (Å²) in [7, 11) is 0. The van der Waals surface area contributed by atoms with E-state index in [0.717, 1.165) is 36.8 Å². The highest BCUT2D eigenvalue weighted by Gasteiger charge is 2.14. The number of allylic oxidation sites excluding steroid dienone is 1. The minimum atomic E-state index is 0.342. The van der Waals surface area contributed by atoms with Crippen LogP contribution in [0.3, 0.4) is 0 Å². The summed E-state index contributed by atoms with van der Waals surface area (Å²) >= 11 is 0. The maximum atomic E-state index is 11.8. The Bertz CT molecular complexity index is 453. The molecule has 0 radical (unpaired) electrons. The Labute approximate surface area is 116 Å². The highest BCUT2D eigenvalue weighted by atomic mass is 16.1. The fraction of sp³-hybridized carbons (Fsp3) is 0.500. The fourth-order valence-corrected chi connectivity index (χ4v) is 2.78. The average Bonchev–Trinajstić information content (AvgIpc) is 2.42. The van der Waals surface area contributed by atoms with Gasteiger partial charge in [-0.3, -0.25) is 4.79 Å². The SMILES string of the molecule is CCCC(C)c1ccc(/C=C2\CCCCC2=O)cc1. The third kappa shape index (κ3) is 3.79. The van der Waals surface area contributed by atoms with Crippen molar-refractivity contribution in [2.45, 2.75) is 58.3 Å². The van der Waals surface area contributed by atoms with Crippen molar-refractivity contribution < 1.29 is 4.79 Å². The van der Waals surface area contributed by atoms with Gasteiger partial charge in [0.2, 0.25) is 0 Å². The molecule has 1 aliphatic carbocycles. The van der Waals surface area contributed by atoms with Gasteiger partial charge in [0.1, 0.15) is 0 Å². The van der Waals surface area contributed by atoms with Crippen molar-refractivity contribution in [1.29, 1.82) is 0 Å². The van der Waals surface area contributed by atoms with Crippen LogP contribution in [0.5, 0.6) is 0 Å². The standard InChI is InChI=1S/C18H24O/c1-3-6-14(2)16-11-9-15(10-12-16)13-17-7-4-5-8-18(17)19/h9-14H,3-8H2,1-2H3/b17-13+. The number of carbonyl (C=O) groups excluding carboxylic acids is 1. The molecule has 1 aromatic carbocycles. The minimum Gasteiger partial charge on any atom is -0.295 e. The molecule has 0 amide bonds. The molecule has 0 N–H and O–H groups in total. The monoisotopic (exact) mass is 256 g/mol. The summed E-state index contributed by atoms with van der Waals surface area (Å²) in [4.78, 5) is 11.8. The molecule has 0 aliphatic heterocycles. The molecule has 1 atom stereocenters. The maximum absolute atomic E-state index is 11.8. The summed E-state index contributed by atoms with van der Waals surface area (Å²) in [6, 6.07) is 8.72. The zero-order valence-corrected chi connectivity index (χ0v) is 12.1. The molecular weight excluding hydrogens is 232 g/mol. The van der Waals surface area contributed by atoms with E-state index >= 15 is 0 Å². The van der Waals surface area contributed by atoms with E-state index in [9.17, 15) is 4.79 Å². The van der Waals surface area contributed by atoms with E-state index in [2.05, 4.69) is 44.2 Å². The molecule has 1 fully saturated rings. The van der Waals surface area contributed by atoms with Crippen LogP contribution in [0.2, 0.25) is 0 Å². The number of hydrogen-bond donors (Lipinski definition) is 0. The Morgan fingerprint density at radius 1 is 1.16 bits per heavy atom. The minimum absolute atomic E-state index is 0.342. The van der Waals surface area contributed by atoms with E-state index in [1.165, 1.54) is 18.4 Å². The Kier molecular flexibility index (Phi) is 4.95. The molecule has 0 aromatic heterocycles.